The molecule has 0 fully saturated rings. The van der Waals surface area contributed by atoms with Crippen molar-refractivity contribution in [2.75, 3.05) is 33.8 Å². The zero-order valence-electron chi connectivity index (χ0n) is 11.4. The number of benzene rings is 1. The van der Waals surface area contributed by atoms with Crippen LogP contribution < -0.4 is 10.1 Å². The number of rotatable bonds is 7. The third kappa shape index (κ3) is 3.72. The number of nitrogens with one attached hydrogen (secondary N) is 1. The number of hydrogen-bond acceptors (Lipinski definition) is 3. The van der Waals surface area contributed by atoms with Crippen LogP contribution in [0.25, 0.3) is 0 Å². The van der Waals surface area contributed by atoms with E-state index < -0.39 is 0 Å². The van der Waals surface area contributed by atoms with Gasteiger partial charge in [0.25, 0.3) is 0 Å². The van der Waals surface area contributed by atoms with E-state index in [1.807, 2.05) is 19.2 Å². The maximum atomic E-state index is 5.42. The van der Waals surface area contributed by atoms with Gasteiger partial charge in [-0.15, -0.1) is 0 Å². The average Bonchev–Trinajstić information content (AvgIpc) is 2.39. The normalized spacial score (nSPS) is 12.8. The molecule has 1 atom stereocenters. The van der Waals surface area contributed by atoms with E-state index in [1.54, 1.807) is 7.11 Å². The monoisotopic (exact) mass is 236 g/mol. The molecule has 1 rings (SSSR count). The molecule has 0 saturated carbocycles. The van der Waals surface area contributed by atoms with Crippen LogP contribution in [0.4, 0.5) is 0 Å². The first-order chi connectivity index (χ1) is 8.24. The Morgan fingerprint density at radius 2 is 2.06 bits per heavy atom. The lowest BCUT2D eigenvalue weighted by atomic mass is 10.1. The third-order valence-electron chi connectivity index (χ3n) is 3.19. The molecule has 0 unspecified atom stereocenters. The molecule has 0 amide bonds. The zero-order chi connectivity index (χ0) is 12.7. The molecule has 96 valence electrons. The highest BCUT2D eigenvalue weighted by Crippen LogP contribution is 2.28. The molecule has 0 aliphatic heterocycles. The minimum absolute atomic E-state index is 0.379. The molecular formula is C14H24N2O. The second kappa shape index (κ2) is 7.30. The first-order valence-corrected chi connectivity index (χ1v) is 6.26. The molecule has 0 heterocycles. The van der Waals surface area contributed by atoms with E-state index in [0.29, 0.717) is 6.04 Å². The van der Waals surface area contributed by atoms with Crippen molar-refractivity contribution in [2.45, 2.75) is 19.9 Å². The van der Waals surface area contributed by atoms with Crippen LogP contribution in [0.3, 0.4) is 0 Å². The molecule has 0 aromatic heterocycles. The number of likely N-dealkylation sites (N-methyl/N-ethyl adjacent to an activating group) is 2. The summed E-state index contributed by atoms with van der Waals surface area (Å²) in [5.74, 6) is 0.975. The molecule has 1 N–H and O–H groups in total. The number of methoxy groups -OCH3 is 1. The van der Waals surface area contributed by atoms with Crippen molar-refractivity contribution in [2.24, 2.45) is 0 Å². The molecule has 3 nitrogen and oxygen atoms in total. The number of para-hydroxylation sites is 1. The van der Waals surface area contributed by atoms with E-state index in [9.17, 15) is 0 Å². The fourth-order valence-electron chi connectivity index (χ4n) is 2.09. The van der Waals surface area contributed by atoms with Crippen LogP contribution in [-0.2, 0) is 0 Å². The van der Waals surface area contributed by atoms with Crippen LogP contribution in [-0.4, -0.2) is 38.7 Å². The van der Waals surface area contributed by atoms with Crippen molar-refractivity contribution < 1.29 is 4.74 Å². The topological polar surface area (TPSA) is 24.5 Å². The lowest BCUT2D eigenvalue weighted by Gasteiger charge is -2.29. The Balaban J connectivity index is 2.81. The van der Waals surface area contributed by atoms with E-state index in [1.165, 1.54) is 5.56 Å². The Morgan fingerprint density at radius 3 is 2.65 bits per heavy atom. The van der Waals surface area contributed by atoms with Crippen molar-refractivity contribution in [3.63, 3.8) is 0 Å². The second-order valence-corrected chi connectivity index (χ2v) is 4.15. The van der Waals surface area contributed by atoms with Gasteiger partial charge in [-0.05, 0) is 26.6 Å². The van der Waals surface area contributed by atoms with Crippen molar-refractivity contribution in [3.8, 4) is 5.75 Å². The molecule has 1 aromatic carbocycles. The molecule has 0 bridgehead atoms. The summed E-state index contributed by atoms with van der Waals surface area (Å²) in [6.07, 6.45) is 0. The van der Waals surface area contributed by atoms with Crippen LogP contribution in [0.15, 0.2) is 24.3 Å². The minimum atomic E-state index is 0.379. The van der Waals surface area contributed by atoms with Gasteiger partial charge >= 0.3 is 0 Å². The summed E-state index contributed by atoms with van der Waals surface area (Å²) < 4.78 is 5.42. The Morgan fingerprint density at radius 1 is 1.35 bits per heavy atom. The molecule has 0 spiro atoms. The molecule has 0 radical (unpaired) electrons. The molecule has 17 heavy (non-hydrogen) atoms. The molecule has 0 aliphatic rings. The first kappa shape index (κ1) is 14.0. The van der Waals surface area contributed by atoms with Crippen molar-refractivity contribution in [1.29, 1.82) is 0 Å². The van der Waals surface area contributed by atoms with Gasteiger partial charge in [-0.1, -0.05) is 25.1 Å². The Bertz CT molecular complexity index is 328. The maximum Gasteiger partial charge on any atom is 0.123 e. The van der Waals surface area contributed by atoms with Crippen molar-refractivity contribution >= 4 is 0 Å². The van der Waals surface area contributed by atoms with Crippen LogP contribution >= 0.6 is 0 Å². The van der Waals surface area contributed by atoms with Gasteiger partial charge in [0.15, 0.2) is 0 Å². The highest BCUT2D eigenvalue weighted by Gasteiger charge is 2.16. The molecule has 1 aromatic rings. The Labute approximate surface area is 105 Å². The van der Waals surface area contributed by atoms with Gasteiger partial charge in [-0.25, -0.2) is 0 Å². The van der Waals surface area contributed by atoms with Gasteiger partial charge in [-0.2, -0.15) is 0 Å². The summed E-state index contributed by atoms with van der Waals surface area (Å²) in [5.41, 5.74) is 1.26. The fraction of sp³-hybridized carbons (Fsp3) is 0.571. The number of nitrogens with zero attached hydrogens (tertiary/aromatic N) is 1. The number of ether oxygens (including phenoxy) is 1. The summed E-state index contributed by atoms with van der Waals surface area (Å²) >= 11 is 0. The highest BCUT2D eigenvalue weighted by molar-refractivity contribution is 5.35. The maximum absolute atomic E-state index is 5.42. The minimum Gasteiger partial charge on any atom is -0.496 e. The predicted octanol–water partition coefficient (Wildman–Crippen LogP) is 2.30. The molecular weight excluding hydrogens is 212 g/mol. The van der Waals surface area contributed by atoms with E-state index >= 15 is 0 Å². The van der Waals surface area contributed by atoms with Crippen LogP contribution in [0.1, 0.15) is 25.5 Å². The smallest absolute Gasteiger partial charge is 0.123 e. The molecule has 0 saturated heterocycles. The van der Waals surface area contributed by atoms with E-state index in [-0.39, 0.29) is 0 Å². The largest absolute Gasteiger partial charge is 0.496 e. The summed E-state index contributed by atoms with van der Waals surface area (Å²) in [4.78, 5) is 2.44. The first-order valence-electron chi connectivity index (χ1n) is 6.26. The van der Waals surface area contributed by atoms with E-state index in [4.69, 9.17) is 4.74 Å². The summed E-state index contributed by atoms with van der Waals surface area (Å²) in [6, 6.07) is 8.63. The Hall–Kier alpha value is -1.06. The van der Waals surface area contributed by atoms with Gasteiger partial charge < -0.3 is 10.1 Å². The zero-order valence-corrected chi connectivity index (χ0v) is 11.4. The van der Waals surface area contributed by atoms with Gasteiger partial charge in [0.05, 0.1) is 7.11 Å². The van der Waals surface area contributed by atoms with Crippen LogP contribution in [0.2, 0.25) is 0 Å². The summed E-state index contributed by atoms with van der Waals surface area (Å²) in [5, 5.41) is 3.19. The van der Waals surface area contributed by atoms with Gasteiger partial charge in [0.2, 0.25) is 0 Å². The van der Waals surface area contributed by atoms with Gasteiger partial charge in [0, 0.05) is 24.7 Å². The van der Waals surface area contributed by atoms with Crippen LogP contribution in [0.5, 0.6) is 5.75 Å². The Kier molecular flexibility index (Phi) is 6.01. The van der Waals surface area contributed by atoms with E-state index in [0.717, 1.165) is 25.4 Å². The van der Waals surface area contributed by atoms with Gasteiger partial charge in [0.1, 0.15) is 5.75 Å². The lowest BCUT2D eigenvalue weighted by Crippen LogP contribution is -2.33. The summed E-state index contributed by atoms with van der Waals surface area (Å²) in [6.45, 7) is 7.53. The van der Waals surface area contributed by atoms with Crippen LogP contribution in [0, 0.1) is 0 Å². The predicted molar refractivity (Wildman–Crippen MR) is 72.6 cm³/mol. The second-order valence-electron chi connectivity index (χ2n) is 4.15. The van der Waals surface area contributed by atoms with Crippen molar-refractivity contribution in [3.05, 3.63) is 29.8 Å². The van der Waals surface area contributed by atoms with E-state index in [2.05, 4.69) is 36.2 Å². The quantitative estimate of drug-likeness (QED) is 0.786. The number of hydrogen-bond donors (Lipinski definition) is 1. The summed E-state index contributed by atoms with van der Waals surface area (Å²) in [7, 11) is 3.72. The fourth-order valence-corrected chi connectivity index (χ4v) is 2.09. The van der Waals surface area contributed by atoms with Crippen molar-refractivity contribution in [1.82, 2.24) is 10.2 Å². The highest BCUT2D eigenvalue weighted by atomic mass is 16.5. The SMILES string of the molecule is CCN(CCNC)[C@@H](C)c1ccccc1OC. The standard InChI is InChI=1S/C14H24N2O/c1-5-16(11-10-15-3)12(2)13-8-6-7-9-14(13)17-4/h6-9,12,15H,5,10-11H2,1-4H3/t12-/m0/s1. The lowest BCUT2D eigenvalue weighted by molar-refractivity contribution is 0.219. The molecule has 3 heteroatoms. The molecule has 0 aliphatic carbocycles. The third-order valence-corrected chi connectivity index (χ3v) is 3.19. The average molecular weight is 236 g/mol. The van der Waals surface area contributed by atoms with Gasteiger partial charge in [-0.3, -0.25) is 4.90 Å².